The van der Waals surface area contributed by atoms with E-state index >= 15 is 0 Å². The third-order valence-corrected chi connectivity index (χ3v) is 8.45. The molecule has 1 fully saturated rings. The van der Waals surface area contributed by atoms with Gasteiger partial charge in [0.2, 0.25) is 0 Å². The quantitative estimate of drug-likeness (QED) is 0.386. The van der Waals surface area contributed by atoms with Crippen LogP contribution in [0.2, 0.25) is 0 Å². The van der Waals surface area contributed by atoms with Crippen LogP contribution in [0.3, 0.4) is 0 Å². The fourth-order valence-corrected chi connectivity index (χ4v) is 6.46. The summed E-state index contributed by atoms with van der Waals surface area (Å²) >= 11 is 0. The third kappa shape index (κ3) is 5.38. The molecule has 39 heavy (non-hydrogen) atoms. The number of aromatic nitrogens is 4. The Morgan fingerprint density at radius 1 is 1.08 bits per heavy atom. The van der Waals surface area contributed by atoms with E-state index in [1.807, 2.05) is 20.8 Å². The molecule has 0 saturated carbocycles. The minimum atomic E-state index is -3.86. The van der Waals surface area contributed by atoms with E-state index in [0.717, 1.165) is 5.52 Å². The van der Waals surface area contributed by atoms with E-state index in [2.05, 4.69) is 9.55 Å². The van der Waals surface area contributed by atoms with E-state index in [4.69, 9.17) is 9.72 Å². The van der Waals surface area contributed by atoms with Crippen LogP contribution in [0.5, 0.6) is 0 Å². The average Bonchev–Trinajstić information content (AvgIpc) is 3.44. The van der Waals surface area contributed by atoms with Crippen molar-refractivity contribution in [3.8, 4) is 0 Å². The maximum atomic E-state index is 13.4. The summed E-state index contributed by atoms with van der Waals surface area (Å²) in [5.74, 6) is 0.696. The van der Waals surface area contributed by atoms with Crippen molar-refractivity contribution in [3.05, 3.63) is 54.6 Å². The number of pyridine rings is 1. The van der Waals surface area contributed by atoms with Crippen molar-refractivity contribution in [3.63, 3.8) is 0 Å². The fourth-order valence-electron chi connectivity index (χ4n) is 5.13. The van der Waals surface area contributed by atoms with Crippen molar-refractivity contribution in [1.82, 2.24) is 23.4 Å². The van der Waals surface area contributed by atoms with Crippen molar-refractivity contribution in [2.24, 2.45) is 0 Å². The highest BCUT2D eigenvalue weighted by molar-refractivity contribution is 7.90. The Morgan fingerprint density at radius 3 is 2.36 bits per heavy atom. The Balaban J connectivity index is 1.58. The fraction of sp³-hybridized carbons (Fsp3) is 0.464. The smallest absolute Gasteiger partial charge is 0.410 e. The highest BCUT2D eigenvalue weighted by Crippen LogP contribution is 2.35. The predicted octanol–water partition coefficient (Wildman–Crippen LogP) is 4.51. The number of rotatable bonds is 5. The Labute approximate surface area is 228 Å². The molecule has 4 aromatic rings. The number of carbonyl (C=O) groups excluding carboxylic acids is 1. The monoisotopic (exact) mass is 553 g/mol. The van der Waals surface area contributed by atoms with Gasteiger partial charge in [-0.2, -0.15) is 0 Å². The van der Waals surface area contributed by atoms with Crippen LogP contribution in [0.25, 0.3) is 22.1 Å². The predicted molar refractivity (Wildman–Crippen MR) is 148 cm³/mol. The van der Waals surface area contributed by atoms with Gasteiger partial charge in [-0.3, -0.25) is 0 Å². The molecule has 0 radical (unpaired) electrons. The van der Waals surface area contributed by atoms with Crippen LogP contribution in [-0.4, -0.2) is 67.3 Å². The van der Waals surface area contributed by atoms with Gasteiger partial charge in [-0.05, 0) is 65.7 Å². The minimum absolute atomic E-state index is 0.00860. The normalized spacial score (nSPS) is 15.8. The van der Waals surface area contributed by atoms with Crippen LogP contribution in [0.15, 0.2) is 53.7 Å². The second kappa shape index (κ2) is 9.63. The minimum Gasteiger partial charge on any atom is -0.444 e. The Hall–Kier alpha value is -3.44. The maximum Gasteiger partial charge on any atom is 0.410 e. The zero-order chi connectivity index (χ0) is 28.2. The molecule has 11 heteroatoms. The van der Waals surface area contributed by atoms with Gasteiger partial charge in [0, 0.05) is 37.1 Å². The second-order valence-corrected chi connectivity index (χ2v) is 13.6. The van der Waals surface area contributed by atoms with Gasteiger partial charge in [0.1, 0.15) is 16.9 Å². The number of ether oxygens (including phenoxy) is 1. The van der Waals surface area contributed by atoms with Crippen molar-refractivity contribution < 1.29 is 23.1 Å². The van der Waals surface area contributed by atoms with Crippen LogP contribution in [-0.2, 0) is 21.2 Å². The molecule has 5 rings (SSSR count). The number of likely N-dealkylation sites (tertiary alicyclic amines) is 1. The number of nitrogens with zero attached hydrogens (tertiary/aromatic N) is 5. The number of fused-ring (bicyclic) bond motifs is 3. The SMILES string of the molecule is CC(C)(O)Cc1nc2cnc3c(ccn3S(=O)(=O)c3ccccc3)c2n1C1CCN(C(=O)OC(C)(C)C)CC1. The molecular weight excluding hydrogens is 518 g/mol. The van der Waals surface area contributed by atoms with Crippen molar-refractivity contribution in [2.75, 3.05) is 13.1 Å². The van der Waals surface area contributed by atoms with Gasteiger partial charge < -0.3 is 19.3 Å². The second-order valence-electron chi connectivity index (χ2n) is 11.7. The van der Waals surface area contributed by atoms with Crippen LogP contribution in [0, 0.1) is 0 Å². The molecule has 0 spiro atoms. The molecule has 10 nitrogen and oxygen atoms in total. The maximum absolute atomic E-state index is 13.4. The number of amides is 1. The number of carbonyl (C=O) groups is 1. The summed E-state index contributed by atoms with van der Waals surface area (Å²) in [6.45, 7) is 10.0. The topological polar surface area (TPSA) is 120 Å². The molecule has 1 amide bonds. The number of hydrogen-bond acceptors (Lipinski definition) is 7. The molecule has 1 N–H and O–H groups in total. The van der Waals surface area contributed by atoms with E-state index in [9.17, 15) is 18.3 Å². The van der Waals surface area contributed by atoms with E-state index in [-0.39, 0.29) is 17.0 Å². The van der Waals surface area contributed by atoms with Crippen molar-refractivity contribution in [1.29, 1.82) is 0 Å². The lowest BCUT2D eigenvalue weighted by atomic mass is 10.0. The van der Waals surface area contributed by atoms with Crippen LogP contribution in [0.1, 0.15) is 59.3 Å². The molecule has 208 valence electrons. The first-order chi connectivity index (χ1) is 18.2. The number of hydrogen-bond donors (Lipinski definition) is 1. The molecule has 1 aromatic carbocycles. The Kier molecular flexibility index (Phi) is 6.70. The van der Waals surface area contributed by atoms with Gasteiger partial charge in [-0.1, -0.05) is 18.2 Å². The zero-order valence-electron chi connectivity index (χ0n) is 23.0. The van der Waals surface area contributed by atoms with Gasteiger partial charge in [-0.25, -0.2) is 27.2 Å². The zero-order valence-corrected chi connectivity index (χ0v) is 23.8. The van der Waals surface area contributed by atoms with E-state index in [1.54, 1.807) is 61.3 Å². The molecule has 4 heterocycles. The molecule has 1 aliphatic rings. The highest BCUT2D eigenvalue weighted by Gasteiger charge is 2.32. The molecule has 0 unspecified atom stereocenters. The van der Waals surface area contributed by atoms with Crippen LogP contribution in [0.4, 0.5) is 4.79 Å². The summed E-state index contributed by atoms with van der Waals surface area (Å²) in [5.41, 5.74) is 0.141. The molecule has 1 saturated heterocycles. The molecule has 1 aliphatic heterocycles. The van der Waals surface area contributed by atoms with Gasteiger partial charge in [0.25, 0.3) is 10.0 Å². The van der Waals surface area contributed by atoms with Gasteiger partial charge in [0.05, 0.1) is 22.2 Å². The number of imidazole rings is 1. The first-order valence-electron chi connectivity index (χ1n) is 13.1. The molecule has 0 atom stereocenters. The van der Waals surface area contributed by atoms with Crippen LogP contribution < -0.4 is 0 Å². The molecular formula is C28H35N5O5S. The Bertz CT molecular complexity index is 1620. The summed E-state index contributed by atoms with van der Waals surface area (Å²) in [5, 5.41) is 11.3. The average molecular weight is 554 g/mol. The number of aliphatic hydroxyl groups is 1. The lowest BCUT2D eigenvalue weighted by Gasteiger charge is -2.35. The van der Waals surface area contributed by atoms with E-state index in [1.165, 1.54) is 10.2 Å². The molecule has 0 aliphatic carbocycles. The van der Waals surface area contributed by atoms with Crippen molar-refractivity contribution in [2.45, 2.75) is 76.0 Å². The summed E-state index contributed by atoms with van der Waals surface area (Å²) in [6.07, 6.45) is 4.42. The summed E-state index contributed by atoms with van der Waals surface area (Å²) in [4.78, 5) is 23.9. The summed E-state index contributed by atoms with van der Waals surface area (Å²) in [6, 6.07) is 10.0. The first kappa shape index (κ1) is 27.1. The largest absolute Gasteiger partial charge is 0.444 e. The third-order valence-electron chi connectivity index (χ3n) is 6.77. The number of piperidine rings is 1. The van der Waals surface area contributed by atoms with Gasteiger partial charge in [-0.15, -0.1) is 0 Å². The molecule has 0 bridgehead atoms. The standard InChI is InChI=1S/C28H35N5O5S/c1-27(2,3)38-26(34)31-14-11-19(12-15-31)33-23(17-28(4,5)35)30-22-18-29-25-21(24(22)33)13-16-32(25)39(36,37)20-9-7-6-8-10-20/h6-10,13,16,18-19,35H,11-12,14-15,17H2,1-5H3. The van der Waals surface area contributed by atoms with E-state index in [0.29, 0.717) is 54.7 Å². The van der Waals surface area contributed by atoms with Gasteiger partial charge in [0.15, 0.2) is 5.65 Å². The summed E-state index contributed by atoms with van der Waals surface area (Å²) in [7, 11) is -3.86. The lowest BCUT2D eigenvalue weighted by molar-refractivity contribution is 0.0188. The van der Waals surface area contributed by atoms with Gasteiger partial charge >= 0.3 is 6.09 Å². The summed E-state index contributed by atoms with van der Waals surface area (Å²) < 4.78 is 35.8. The van der Waals surface area contributed by atoms with Crippen molar-refractivity contribution >= 4 is 38.2 Å². The molecule has 3 aromatic heterocycles. The highest BCUT2D eigenvalue weighted by atomic mass is 32.2. The first-order valence-corrected chi connectivity index (χ1v) is 14.6. The Morgan fingerprint density at radius 2 is 1.74 bits per heavy atom. The van der Waals surface area contributed by atoms with E-state index < -0.39 is 21.2 Å². The number of benzene rings is 1. The van der Waals surface area contributed by atoms with Crippen LogP contribution >= 0.6 is 0 Å². The lowest BCUT2D eigenvalue weighted by Crippen LogP contribution is -2.42.